The zero-order chi connectivity index (χ0) is 10.6. The van der Waals surface area contributed by atoms with Crippen molar-refractivity contribution in [2.45, 2.75) is 20.5 Å². The van der Waals surface area contributed by atoms with Crippen molar-refractivity contribution in [2.24, 2.45) is 5.92 Å². The Balaban J connectivity index is 2.47. The fraction of sp³-hybridized carbons (Fsp3) is 0.455. The summed E-state index contributed by atoms with van der Waals surface area (Å²) < 4.78 is 18.8. The third-order valence-electron chi connectivity index (χ3n) is 1.70. The fourth-order valence-corrected chi connectivity index (χ4v) is 1.47. The summed E-state index contributed by atoms with van der Waals surface area (Å²) in [5.41, 5.74) is 0.985. The molecule has 0 saturated heterocycles. The quantitative estimate of drug-likeness (QED) is 0.801. The lowest BCUT2D eigenvalue weighted by atomic mass is 10.2. The zero-order valence-corrected chi connectivity index (χ0v) is 9.97. The Morgan fingerprint density at radius 2 is 2.14 bits per heavy atom. The Morgan fingerprint density at radius 1 is 1.43 bits per heavy atom. The SMILES string of the molecule is CC(C)COCc1ccc(F)c(Br)c1. The summed E-state index contributed by atoms with van der Waals surface area (Å²) in [6.07, 6.45) is 0. The normalized spacial score (nSPS) is 10.9. The van der Waals surface area contributed by atoms with Crippen LogP contribution in [-0.2, 0) is 11.3 Å². The highest BCUT2D eigenvalue weighted by atomic mass is 79.9. The molecule has 1 aromatic carbocycles. The number of rotatable bonds is 4. The van der Waals surface area contributed by atoms with Gasteiger partial charge in [0, 0.05) is 6.61 Å². The standard InChI is InChI=1S/C11H14BrFO/c1-8(2)6-14-7-9-3-4-11(13)10(12)5-9/h3-5,8H,6-7H2,1-2H3. The van der Waals surface area contributed by atoms with Gasteiger partial charge >= 0.3 is 0 Å². The molecular formula is C11H14BrFO. The van der Waals surface area contributed by atoms with Crippen molar-refractivity contribution in [3.8, 4) is 0 Å². The highest BCUT2D eigenvalue weighted by molar-refractivity contribution is 9.10. The van der Waals surface area contributed by atoms with Crippen molar-refractivity contribution >= 4 is 15.9 Å². The average Bonchev–Trinajstić information content (AvgIpc) is 2.10. The molecule has 0 N–H and O–H groups in total. The molecule has 0 heterocycles. The van der Waals surface area contributed by atoms with Crippen molar-refractivity contribution in [1.82, 2.24) is 0 Å². The summed E-state index contributed by atoms with van der Waals surface area (Å²) in [6, 6.07) is 4.92. The zero-order valence-electron chi connectivity index (χ0n) is 8.39. The maximum Gasteiger partial charge on any atom is 0.137 e. The molecule has 0 saturated carbocycles. The molecule has 3 heteroatoms. The van der Waals surface area contributed by atoms with Crippen LogP contribution in [0.25, 0.3) is 0 Å². The lowest BCUT2D eigenvalue weighted by Gasteiger charge is -2.07. The molecule has 0 aliphatic carbocycles. The third-order valence-corrected chi connectivity index (χ3v) is 2.31. The Kier molecular flexibility index (Phi) is 4.55. The summed E-state index contributed by atoms with van der Waals surface area (Å²) in [6.45, 7) is 5.47. The molecule has 0 unspecified atom stereocenters. The molecule has 0 aliphatic heterocycles. The van der Waals surface area contributed by atoms with Crippen LogP contribution in [0, 0.1) is 11.7 Å². The second-order valence-electron chi connectivity index (χ2n) is 3.66. The van der Waals surface area contributed by atoms with E-state index in [0.29, 0.717) is 17.0 Å². The topological polar surface area (TPSA) is 9.23 Å². The first-order valence-corrected chi connectivity index (χ1v) is 5.40. The molecule has 14 heavy (non-hydrogen) atoms. The molecule has 0 aliphatic rings. The smallest absolute Gasteiger partial charge is 0.137 e. The fourth-order valence-electron chi connectivity index (χ4n) is 1.04. The van der Waals surface area contributed by atoms with Gasteiger partial charge in [-0.2, -0.15) is 0 Å². The van der Waals surface area contributed by atoms with E-state index in [0.717, 1.165) is 12.2 Å². The Bertz CT molecular complexity index is 299. The highest BCUT2D eigenvalue weighted by Gasteiger charge is 2.01. The number of halogens is 2. The molecule has 0 atom stereocenters. The number of benzene rings is 1. The van der Waals surface area contributed by atoms with Crippen molar-refractivity contribution in [1.29, 1.82) is 0 Å². The third kappa shape index (κ3) is 3.76. The summed E-state index contributed by atoms with van der Waals surface area (Å²) >= 11 is 3.14. The van der Waals surface area contributed by atoms with E-state index >= 15 is 0 Å². The van der Waals surface area contributed by atoms with E-state index in [2.05, 4.69) is 29.8 Å². The number of hydrogen-bond donors (Lipinski definition) is 0. The van der Waals surface area contributed by atoms with Crippen LogP contribution >= 0.6 is 15.9 Å². The van der Waals surface area contributed by atoms with E-state index in [1.165, 1.54) is 6.07 Å². The van der Waals surface area contributed by atoms with Crippen molar-refractivity contribution in [3.63, 3.8) is 0 Å². The maximum atomic E-state index is 12.9. The Hall–Kier alpha value is -0.410. The van der Waals surface area contributed by atoms with Crippen LogP contribution in [0.4, 0.5) is 4.39 Å². The van der Waals surface area contributed by atoms with Crippen LogP contribution in [0.5, 0.6) is 0 Å². The summed E-state index contributed by atoms with van der Waals surface area (Å²) in [5.74, 6) is 0.288. The summed E-state index contributed by atoms with van der Waals surface area (Å²) in [7, 11) is 0. The molecule has 0 bridgehead atoms. The van der Waals surface area contributed by atoms with Crippen LogP contribution in [-0.4, -0.2) is 6.61 Å². The molecule has 78 valence electrons. The second-order valence-corrected chi connectivity index (χ2v) is 4.51. The van der Waals surface area contributed by atoms with Gasteiger partial charge in [0.2, 0.25) is 0 Å². The van der Waals surface area contributed by atoms with Crippen molar-refractivity contribution in [2.75, 3.05) is 6.61 Å². The lowest BCUT2D eigenvalue weighted by Crippen LogP contribution is -2.01. The minimum absolute atomic E-state index is 0.238. The van der Waals surface area contributed by atoms with Crippen LogP contribution in [0.1, 0.15) is 19.4 Å². The van der Waals surface area contributed by atoms with Gasteiger partial charge in [-0.05, 0) is 39.5 Å². The van der Waals surface area contributed by atoms with Gasteiger partial charge in [-0.1, -0.05) is 19.9 Å². The molecule has 1 aromatic rings. The first kappa shape index (κ1) is 11.7. The van der Waals surface area contributed by atoms with Gasteiger partial charge in [-0.25, -0.2) is 4.39 Å². The Morgan fingerprint density at radius 3 is 2.71 bits per heavy atom. The molecule has 1 rings (SSSR count). The van der Waals surface area contributed by atoms with Crippen LogP contribution in [0.15, 0.2) is 22.7 Å². The first-order valence-electron chi connectivity index (χ1n) is 4.61. The van der Waals surface area contributed by atoms with Crippen LogP contribution in [0.2, 0.25) is 0 Å². The average molecular weight is 261 g/mol. The van der Waals surface area contributed by atoms with Gasteiger partial charge in [0.25, 0.3) is 0 Å². The van der Waals surface area contributed by atoms with Crippen molar-refractivity contribution < 1.29 is 9.13 Å². The van der Waals surface area contributed by atoms with Gasteiger partial charge in [-0.3, -0.25) is 0 Å². The number of ether oxygens (including phenoxy) is 1. The molecule has 0 radical (unpaired) electrons. The maximum absolute atomic E-state index is 12.9. The van der Waals surface area contributed by atoms with E-state index < -0.39 is 0 Å². The summed E-state index contributed by atoms with van der Waals surface area (Å²) in [4.78, 5) is 0. The molecule has 0 amide bonds. The van der Waals surface area contributed by atoms with E-state index in [1.54, 1.807) is 12.1 Å². The minimum atomic E-state index is -0.238. The molecule has 0 spiro atoms. The first-order chi connectivity index (χ1) is 6.59. The molecule has 0 fully saturated rings. The largest absolute Gasteiger partial charge is 0.377 e. The van der Waals surface area contributed by atoms with Crippen molar-refractivity contribution in [3.05, 3.63) is 34.1 Å². The molecule has 0 aromatic heterocycles. The summed E-state index contributed by atoms with van der Waals surface area (Å²) in [5, 5.41) is 0. The van der Waals surface area contributed by atoms with Gasteiger partial charge in [0.1, 0.15) is 5.82 Å². The number of hydrogen-bond acceptors (Lipinski definition) is 1. The van der Waals surface area contributed by atoms with E-state index in [-0.39, 0.29) is 5.82 Å². The predicted octanol–water partition coefficient (Wildman–Crippen LogP) is 3.76. The van der Waals surface area contributed by atoms with E-state index in [1.807, 2.05) is 0 Å². The van der Waals surface area contributed by atoms with Crippen LogP contribution < -0.4 is 0 Å². The predicted molar refractivity (Wildman–Crippen MR) is 58.6 cm³/mol. The Labute approximate surface area is 92.4 Å². The van der Waals surface area contributed by atoms with Gasteiger partial charge < -0.3 is 4.74 Å². The van der Waals surface area contributed by atoms with E-state index in [9.17, 15) is 4.39 Å². The molecular weight excluding hydrogens is 247 g/mol. The minimum Gasteiger partial charge on any atom is -0.377 e. The van der Waals surface area contributed by atoms with Gasteiger partial charge in [-0.15, -0.1) is 0 Å². The lowest BCUT2D eigenvalue weighted by molar-refractivity contribution is 0.0970. The highest BCUT2D eigenvalue weighted by Crippen LogP contribution is 2.17. The van der Waals surface area contributed by atoms with Crippen LogP contribution in [0.3, 0.4) is 0 Å². The second kappa shape index (κ2) is 5.47. The van der Waals surface area contributed by atoms with Gasteiger partial charge in [0.05, 0.1) is 11.1 Å². The van der Waals surface area contributed by atoms with Gasteiger partial charge in [0.15, 0.2) is 0 Å². The molecule has 1 nitrogen and oxygen atoms in total. The monoisotopic (exact) mass is 260 g/mol. The van der Waals surface area contributed by atoms with E-state index in [4.69, 9.17) is 4.74 Å².